The summed E-state index contributed by atoms with van der Waals surface area (Å²) in [5, 5.41) is 18.9. The van der Waals surface area contributed by atoms with E-state index >= 15 is 0 Å². The molecule has 0 saturated heterocycles. The van der Waals surface area contributed by atoms with Crippen LogP contribution in [0.2, 0.25) is 0 Å². The van der Waals surface area contributed by atoms with Gasteiger partial charge < -0.3 is 16.2 Å². The van der Waals surface area contributed by atoms with Gasteiger partial charge in [0, 0.05) is 12.0 Å². The van der Waals surface area contributed by atoms with Crippen LogP contribution >= 0.6 is 0 Å². The van der Waals surface area contributed by atoms with Crippen molar-refractivity contribution >= 4 is 11.6 Å². The van der Waals surface area contributed by atoms with Gasteiger partial charge >= 0.3 is 0 Å². The lowest BCUT2D eigenvalue weighted by molar-refractivity contribution is 0.0919. The molecule has 1 aromatic heterocycles. The second kappa shape index (κ2) is 4.97. The van der Waals surface area contributed by atoms with Gasteiger partial charge in [-0.25, -0.2) is 0 Å². The average Bonchev–Trinajstić information content (AvgIpc) is 3.01. The Morgan fingerprint density at radius 1 is 1.61 bits per heavy atom. The Kier molecular flexibility index (Phi) is 3.56. The van der Waals surface area contributed by atoms with Crippen molar-refractivity contribution in [1.29, 1.82) is 0 Å². The van der Waals surface area contributed by atoms with E-state index in [4.69, 9.17) is 5.73 Å². The van der Waals surface area contributed by atoms with Crippen LogP contribution in [0.3, 0.4) is 0 Å². The van der Waals surface area contributed by atoms with Crippen LogP contribution in [0.25, 0.3) is 0 Å². The Labute approximate surface area is 106 Å². The van der Waals surface area contributed by atoms with Crippen molar-refractivity contribution in [2.45, 2.75) is 51.2 Å². The zero-order valence-corrected chi connectivity index (χ0v) is 10.7. The molecule has 0 aliphatic heterocycles. The third-order valence-corrected chi connectivity index (χ3v) is 3.11. The zero-order chi connectivity index (χ0) is 13.3. The number of rotatable bonds is 5. The average molecular weight is 252 g/mol. The molecular weight excluding hydrogens is 232 g/mol. The highest BCUT2D eigenvalue weighted by atomic mass is 16.3. The fourth-order valence-corrected chi connectivity index (χ4v) is 2.08. The third kappa shape index (κ3) is 2.81. The molecule has 1 fully saturated rings. The molecule has 1 heterocycles. The molecule has 1 aromatic rings. The number of hydrogen-bond acceptors (Lipinski definition) is 4. The van der Waals surface area contributed by atoms with Crippen LogP contribution in [0.5, 0.6) is 0 Å². The normalized spacial score (nSPS) is 18.4. The lowest BCUT2D eigenvalue weighted by Crippen LogP contribution is -2.35. The van der Waals surface area contributed by atoms with E-state index in [-0.39, 0.29) is 17.6 Å². The number of carbonyl (C=O) groups is 1. The molecule has 0 bridgehead atoms. The van der Waals surface area contributed by atoms with Gasteiger partial charge in [0.1, 0.15) is 0 Å². The molecule has 100 valence electrons. The Hall–Kier alpha value is -1.56. The maximum absolute atomic E-state index is 12.0. The van der Waals surface area contributed by atoms with Crippen molar-refractivity contribution in [2.75, 3.05) is 5.73 Å². The number of carbonyl (C=O) groups excluding carboxylic acids is 1. The highest BCUT2D eigenvalue weighted by Gasteiger charge is 2.30. The van der Waals surface area contributed by atoms with Gasteiger partial charge in [0.2, 0.25) is 0 Å². The fraction of sp³-hybridized carbons (Fsp3) is 0.667. The minimum Gasteiger partial charge on any atom is -0.395 e. The van der Waals surface area contributed by atoms with Crippen LogP contribution in [-0.2, 0) is 0 Å². The minimum atomic E-state index is -0.446. The first-order chi connectivity index (χ1) is 8.49. The van der Waals surface area contributed by atoms with Crippen LogP contribution in [0.4, 0.5) is 5.69 Å². The number of anilines is 1. The van der Waals surface area contributed by atoms with Gasteiger partial charge in [-0.1, -0.05) is 0 Å². The van der Waals surface area contributed by atoms with Crippen molar-refractivity contribution in [3.8, 4) is 0 Å². The first-order valence-corrected chi connectivity index (χ1v) is 6.31. The molecule has 2 atom stereocenters. The van der Waals surface area contributed by atoms with Crippen LogP contribution in [0, 0.1) is 0 Å². The zero-order valence-electron chi connectivity index (χ0n) is 10.7. The number of aliphatic hydroxyl groups excluding tert-OH is 1. The van der Waals surface area contributed by atoms with E-state index in [1.165, 1.54) is 0 Å². The number of amides is 1. The highest BCUT2D eigenvalue weighted by Crippen LogP contribution is 2.42. The molecule has 1 amide bonds. The van der Waals surface area contributed by atoms with Crippen LogP contribution < -0.4 is 11.1 Å². The second-order valence-electron chi connectivity index (χ2n) is 5.13. The minimum absolute atomic E-state index is 0.113. The number of aliphatic hydroxyl groups is 1. The molecule has 0 radical (unpaired) electrons. The third-order valence-electron chi connectivity index (χ3n) is 3.11. The van der Waals surface area contributed by atoms with Crippen LogP contribution in [0.15, 0.2) is 0 Å². The number of nitrogen functional groups attached to an aromatic ring is 1. The standard InChI is InChI=1S/C12H20N4O2/c1-6(5-7(2)17)14-12(18)11-9(13)10(15-16-11)8-3-4-8/h6-8,17H,3-5,13H2,1-2H3,(H,14,18)(H,15,16). The molecule has 0 spiro atoms. The molecule has 6 heteroatoms. The van der Waals surface area contributed by atoms with Crippen molar-refractivity contribution < 1.29 is 9.90 Å². The van der Waals surface area contributed by atoms with E-state index in [1.807, 2.05) is 6.92 Å². The van der Waals surface area contributed by atoms with Crippen molar-refractivity contribution in [3.05, 3.63) is 11.4 Å². The lowest BCUT2D eigenvalue weighted by Gasteiger charge is -2.14. The Balaban J connectivity index is 2.00. The van der Waals surface area contributed by atoms with Crippen LogP contribution in [-0.4, -0.2) is 33.4 Å². The van der Waals surface area contributed by atoms with E-state index in [1.54, 1.807) is 6.92 Å². The molecule has 1 aliphatic rings. The van der Waals surface area contributed by atoms with Crippen LogP contribution in [0.1, 0.15) is 55.2 Å². The summed E-state index contributed by atoms with van der Waals surface area (Å²) in [5.41, 5.74) is 7.51. The molecule has 6 nitrogen and oxygen atoms in total. The SMILES string of the molecule is CC(O)CC(C)NC(=O)c1n[nH]c(C2CC2)c1N. The molecule has 1 aliphatic carbocycles. The smallest absolute Gasteiger partial charge is 0.274 e. The maximum Gasteiger partial charge on any atom is 0.274 e. The number of hydrogen-bond donors (Lipinski definition) is 4. The highest BCUT2D eigenvalue weighted by molar-refractivity contribution is 5.97. The molecule has 1 saturated carbocycles. The monoisotopic (exact) mass is 252 g/mol. The summed E-state index contributed by atoms with van der Waals surface area (Å²) < 4.78 is 0. The summed E-state index contributed by atoms with van der Waals surface area (Å²) >= 11 is 0. The van der Waals surface area contributed by atoms with Crippen molar-refractivity contribution in [1.82, 2.24) is 15.5 Å². The molecule has 0 aromatic carbocycles. The molecular formula is C12H20N4O2. The van der Waals surface area contributed by atoms with Gasteiger partial charge in [0.15, 0.2) is 5.69 Å². The summed E-state index contributed by atoms with van der Waals surface area (Å²) in [4.78, 5) is 12.0. The quantitative estimate of drug-likeness (QED) is 0.621. The number of aromatic amines is 1. The van der Waals surface area contributed by atoms with E-state index in [0.717, 1.165) is 18.5 Å². The molecule has 18 heavy (non-hydrogen) atoms. The molecule has 5 N–H and O–H groups in total. The maximum atomic E-state index is 12.0. The number of nitrogens with two attached hydrogens (primary N) is 1. The second-order valence-corrected chi connectivity index (χ2v) is 5.13. The number of aromatic nitrogens is 2. The topological polar surface area (TPSA) is 104 Å². The van der Waals surface area contributed by atoms with E-state index in [2.05, 4.69) is 15.5 Å². The van der Waals surface area contributed by atoms with Gasteiger partial charge in [-0.15, -0.1) is 0 Å². The first-order valence-electron chi connectivity index (χ1n) is 6.31. The van der Waals surface area contributed by atoms with Gasteiger partial charge in [-0.3, -0.25) is 9.89 Å². The molecule has 2 rings (SSSR count). The van der Waals surface area contributed by atoms with Crippen molar-refractivity contribution in [2.24, 2.45) is 0 Å². The number of nitrogens with one attached hydrogen (secondary N) is 2. The summed E-state index contributed by atoms with van der Waals surface area (Å²) in [7, 11) is 0. The fourth-order valence-electron chi connectivity index (χ4n) is 2.08. The Morgan fingerprint density at radius 2 is 2.28 bits per heavy atom. The van der Waals surface area contributed by atoms with E-state index < -0.39 is 6.10 Å². The van der Waals surface area contributed by atoms with Gasteiger partial charge in [-0.05, 0) is 33.1 Å². The summed E-state index contributed by atoms with van der Waals surface area (Å²) in [6.45, 7) is 3.53. The van der Waals surface area contributed by atoms with Gasteiger partial charge in [-0.2, -0.15) is 5.10 Å². The molecule has 2 unspecified atom stereocenters. The van der Waals surface area contributed by atoms with Gasteiger partial charge in [0.25, 0.3) is 5.91 Å². The van der Waals surface area contributed by atoms with Crippen molar-refractivity contribution in [3.63, 3.8) is 0 Å². The number of nitrogens with zero attached hydrogens (tertiary/aromatic N) is 1. The number of H-pyrrole nitrogens is 1. The predicted octanol–water partition coefficient (Wildman–Crippen LogP) is 0.758. The van der Waals surface area contributed by atoms with Gasteiger partial charge in [0.05, 0.1) is 17.5 Å². The predicted molar refractivity (Wildman–Crippen MR) is 68.2 cm³/mol. The summed E-state index contributed by atoms with van der Waals surface area (Å²) in [5.74, 6) is 0.151. The van der Waals surface area contributed by atoms with E-state index in [0.29, 0.717) is 18.0 Å². The summed E-state index contributed by atoms with van der Waals surface area (Å²) in [6.07, 6.45) is 2.27. The lowest BCUT2D eigenvalue weighted by atomic mass is 10.1. The Bertz CT molecular complexity index is 437. The first kappa shape index (κ1) is 12.9. The van der Waals surface area contributed by atoms with E-state index in [9.17, 15) is 9.90 Å². The Morgan fingerprint density at radius 3 is 2.83 bits per heavy atom. The largest absolute Gasteiger partial charge is 0.395 e. The summed E-state index contributed by atoms with van der Waals surface area (Å²) in [6, 6.07) is -0.113.